The van der Waals surface area contributed by atoms with Crippen LogP contribution in [0.5, 0.6) is 5.75 Å². The first kappa shape index (κ1) is 14.1. The molecular weight excluding hydrogens is 292 g/mol. The average Bonchev–Trinajstić information content (AvgIpc) is 3.05. The van der Waals surface area contributed by atoms with Gasteiger partial charge in [-0.25, -0.2) is 4.79 Å². The molecule has 6 nitrogen and oxygen atoms in total. The summed E-state index contributed by atoms with van der Waals surface area (Å²) in [7, 11) is 0. The predicted octanol–water partition coefficient (Wildman–Crippen LogP) is 2.66. The highest BCUT2D eigenvalue weighted by Crippen LogP contribution is 2.48. The summed E-state index contributed by atoms with van der Waals surface area (Å²) in [5.74, 6) is 0.900. The minimum Gasteiger partial charge on any atom is -0.487 e. The third kappa shape index (κ3) is 2.76. The van der Waals surface area contributed by atoms with Crippen LogP contribution in [0.2, 0.25) is 0 Å². The van der Waals surface area contributed by atoms with Gasteiger partial charge in [0.15, 0.2) is 0 Å². The molecule has 120 valence electrons. The second kappa shape index (κ2) is 5.61. The van der Waals surface area contributed by atoms with Gasteiger partial charge in [0.1, 0.15) is 11.4 Å². The lowest BCUT2D eigenvalue weighted by molar-refractivity contribution is -0.0355. The van der Waals surface area contributed by atoms with Crippen molar-refractivity contribution in [1.82, 2.24) is 20.8 Å². The molecule has 0 radical (unpaired) electrons. The number of hydrogen-bond donors (Lipinski definition) is 3. The highest BCUT2D eigenvalue weighted by Gasteiger charge is 2.45. The summed E-state index contributed by atoms with van der Waals surface area (Å²) in [6.45, 7) is 0.432. The van der Waals surface area contributed by atoms with Crippen LogP contribution in [0.15, 0.2) is 36.5 Å². The molecule has 1 spiro atoms. The van der Waals surface area contributed by atoms with Gasteiger partial charge in [0.2, 0.25) is 0 Å². The molecule has 6 heteroatoms. The fourth-order valence-electron chi connectivity index (χ4n) is 3.39. The van der Waals surface area contributed by atoms with Crippen molar-refractivity contribution < 1.29 is 9.53 Å². The molecule has 1 aliphatic carbocycles. The zero-order chi connectivity index (χ0) is 15.7. The third-order valence-electron chi connectivity index (χ3n) is 4.76. The van der Waals surface area contributed by atoms with E-state index < -0.39 is 0 Å². The minimum absolute atomic E-state index is 0.0120. The lowest BCUT2D eigenvalue weighted by Gasteiger charge is -2.48. The maximum Gasteiger partial charge on any atom is 0.315 e. The number of ether oxygens (including phenoxy) is 1. The molecular formula is C17H20N4O2. The van der Waals surface area contributed by atoms with Crippen LogP contribution in [0.3, 0.4) is 0 Å². The molecule has 1 aliphatic heterocycles. The molecule has 3 N–H and O–H groups in total. The second-order valence-electron chi connectivity index (χ2n) is 6.34. The summed E-state index contributed by atoms with van der Waals surface area (Å²) in [5, 5.41) is 12.7. The molecule has 23 heavy (non-hydrogen) atoms. The number of para-hydroxylation sites is 1. The Balaban J connectivity index is 1.45. The smallest absolute Gasteiger partial charge is 0.315 e. The number of rotatable bonds is 3. The van der Waals surface area contributed by atoms with Gasteiger partial charge in [-0.3, -0.25) is 5.10 Å². The molecule has 0 unspecified atom stereocenters. The average molecular weight is 312 g/mol. The number of nitrogens with zero attached hydrogens (tertiary/aromatic N) is 1. The van der Waals surface area contributed by atoms with Crippen LogP contribution in [-0.4, -0.2) is 21.8 Å². The first-order valence-electron chi connectivity index (χ1n) is 8.05. The van der Waals surface area contributed by atoms with Crippen molar-refractivity contribution in [2.45, 2.75) is 43.9 Å². The monoisotopic (exact) mass is 312 g/mol. The molecule has 0 saturated heterocycles. The van der Waals surface area contributed by atoms with Gasteiger partial charge in [0.05, 0.1) is 18.3 Å². The van der Waals surface area contributed by atoms with Crippen molar-refractivity contribution in [3.8, 4) is 5.75 Å². The Labute approximate surface area is 134 Å². The van der Waals surface area contributed by atoms with Crippen molar-refractivity contribution in [2.24, 2.45) is 0 Å². The van der Waals surface area contributed by atoms with Crippen LogP contribution < -0.4 is 15.4 Å². The molecule has 2 amide bonds. The highest BCUT2D eigenvalue weighted by molar-refractivity contribution is 5.74. The van der Waals surface area contributed by atoms with Gasteiger partial charge >= 0.3 is 6.03 Å². The molecule has 4 rings (SSSR count). The molecule has 1 aromatic heterocycles. The Kier molecular flexibility index (Phi) is 3.44. The number of fused-ring (bicyclic) bond motifs is 1. The van der Waals surface area contributed by atoms with E-state index in [1.54, 1.807) is 6.20 Å². The molecule has 1 saturated carbocycles. The van der Waals surface area contributed by atoms with Gasteiger partial charge in [0, 0.05) is 18.2 Å². The van der Waals surface area contributed by atoms with E-state index in [1.807, 2.05) is 30.3 Å². The molecule has 2 aliphatic rings. The Morgan fingerprint density at radius 3 is 2.96 bits per heavy atom. The summed E-state index contributed by atoms with van der Waals surface area (Å²) in [6.07, 6.45) is 5.83. The Bertz CT molecular complexity index is 694. The number of amides is 2. The lowest BCUT2D eigenvalue weighted by Crippen LogP contribution is -2.50. The van der Waals surface area contributed by atoms with E-state index in [2.05, 4.69) is 20.8 Å². The van der Waals surface area contributed by atoms with Gasteiger partial charge in [-0.1, -0.05) is 18.2 Å². The number of hydrogen-bond acceptors (Lipinski definition) is 3. The molecule has 2 heterocycles. The van der Waals surface area contributed by atoms with Gasteiger partial charge in [0.25, 0.3) is 0 Å². The summed E-state index contributed by atoms with van der Waals surface area (Å²) in [4.78, 5) is 12.2. The SMILES string of the molecule is O=C(NCc1ccn[nH]1)N[C@@H]1CC2(CCC2)Oc2ccccc21. The van der Waals surface area contributed by atoms with E-state index in [4.69, 9.17) is 4.74 Å². The number of aromatic amines is 1. The van der Waals surface area contributed by atoms with Gasteiger partial charge in [-0.15, -0.1) is 0 Å². The maximum atomic E-state index is 12.2. The topological polar surface area (TPSA) is 79.0 Å². The van der Waals surface area contributed by atoms with E-state index in [0.29, 0.717) is 6.54 Å². The molecule has 1 atom stereocenters. The van der Waals surface area contributed by atoms with Crippen LogP contribution in [0.25, 0.3) is 0 Å². The van der Waals surface area contributed by atoms with Crippen molar-refractivity contribution in [3.05, 3.63) is 47.8 Å². The van der Waals surface area contributed by atoms with Crippen molar-refractivity contribution in [3.63, 3.8) is 0 Å². The Morgan fingerprint density at radius 2 is 2.22 bits per heavy atom. The van der Waals surface area contributed by atoms with Gasteiger partial charge in [-0.05, 0) is 31.4 Å². The Hall–Kier alpha value is -2.50. The molecule has 2 aromatic rings. The molecule has 1 fully saturated rings. The van der Waals surface area contributed by atoms with Crippen molar-refractivity contribution in [1.29, 1.82) is 0 Å². The zero-order valence-corrected chi connectivity index (χ0v) is 12.8. The van der Waals surface area contributed by atoms with Crippen LogP contribution >= 0.6 is 0 Å². The second-order valence-corrected chi connectivity index (χ2v) is 6.34. The van der Waals surface area contributed by atoms with Gasteiger partial charge in [-0.2, -0.15) is 5.10 Å². The molecule has 1 aromatic carbocycles. The standard InChI is InChI=1S/C17H20N4O2/c22-16(18-11-12-6-9-19-21-12)20-14-10-17(7-3-8-17)23-15-5-2-1-4-13(14)15/h1-2,4-6,9,14H,3,7-8,10-11H2,(H,19,21)(H2,18,20,22)/t14-/m1/s1. The number of benzene rings is 1. The van der Waals surface area contributed by atoms with Crippen molar-refractivity contribution >= 4 is 6.03 Å². The van der Waals surface area contributed by atoms with E-state index >= 15 is 0 Å². The maximum absolute atomic E-state index is 12.2. The highest BCUT2D eigenvalue weighted by atomic mass is 16.5. The quantitative estimate of drug-likeness (QED) is 0.815. The Morgan fingerprint density at radius 1 is 1.35 bits per heavy atom. The number of nitrogens with one attached hydrogen (secondary N) is 3. The number of H-pyrrole nitrogens is 1. The largest absolute Gasteiger partial charge is 0.487 e. The minimum atomic E-state index is -0.171. The van der Waals surface area contributed by atoms with E-state index in [0.717, 1.165) is 36.3 Å². The first-order chi connectivity index (χ1) is 11.2. The fourth-order valence-corrected chi connectivity index (χ4v) is 3.39. The van der Waals surface area contributed by atoms with Crippen molar-refractivity contribution in [2.75, 3.05) is 0 Å². The lowest BCUT2D eigenvalue weighted by atomic mass is 9.73. The summed E-state index contributed by atoms with van der Waals surface area (Å²) < 4.78 is 6.20. The number of carbonyl (C=O) groups excluding carboxylic acids is 1. The normalized spacial score (nSPS) is 21.0. The van der Waals surface area contributed by atoms with Crippen LogP contribution in [0, 0.1) is 0 Å². The third-order valence-corrected chi connectivity index (χ3v) is 4.76. The fraction of sp³-hybridized carbons (Fsp3) is 0.412. The summed E-state index contributed by atoms with van der Waals surface area (Å²) >= 11 is 0. The van der Waals surface area contributed by atoms with Crippen LogP contribution in [-0.2, 0) is 6.54 Å². The van der Waals surface area contributed by atoms with Crippen LogP contribution in [0.1, 0.15) is 43.0 Å². The predicted molar refractivity (Wildman–Crippen MR) is 85.0 cm³/mol. The summed E-state index contributed by atoms with van der Waals surface area (Å²) in [6, 6.07) is 9.64. The van der Waals surface area contributed by atoms with E-state index in [-0.39, 0.29) is 17.7 Å². The summed E-state index contributed by atoms with van der Waals surface area (Å²) in [5.41, 5.74) is 1.85. The van der Waals surface area contributed by atoms with Crippen LogP contribution in [0.4, 0.5) is 4.79 Å². The van der Waals surface area contributed by atoms with Gasteiger partial charge < -0.3 is 15.4 Å². The molecule has 0 bridgehead atoms. The number of aromatic nitrogens is 2. The number of urea groups is 1. The van der Waals surface area contributed by atoms with E-state index in [9.17, 15) is 4.79 Å². The first-order valence-corrected chi connectivity index (χ1v) is 8.05. The number of carbonyl (C=O) groups is 1. The van der Waals surface area contributed by atoms with E-state index in [1.165, 1.54) is 6.42 Å². The zero-order valence-electron chi connectivity index (χ0n) is 12.8.